The van der Waals surface area contributed by atoms with Crippen LogP contribution in [-0.2, 0) is 0 Å². The fourth-order valence-electron chi connectivity index (χ4n) is 1.82. The van der Waals surface area contributed by atoms with Crippen LogP contribution in [0.25, 0.3) is 0 Å². The lowest BCUT2D eigenvalue weighted by Crippen LogP contribution is -2.53. The Morgan fingerprint density at radius 3 is 2.88 bits per heavy atom. The van der Waals surface area contributed by atoms with E-state index < -0.39 is 0 Å². The molecule has 1 aromatic heterocycles. The van der Waals surface area contributed by atoms with Gasteiger partial charge in [-0.05, 0) is 47.7 Å². The summed E-state index contributed by atoms with van der Waals surface area (Å²) in [5, 5.41) is 2.99. The largest absolute Gasteiger partial charge is 0.457 e. The molecule has 0 radical (unpaired) electrons. The van der Waals surface area contributed by atoms with Gasteiger partial charge in [-0.15, -0.1) is 0 Å². The first-order chi connectivity index (χ1) is 7.57. The van der Waals surface area contributed by atoms with Gasteiger partial charge in [0.15, 0.2) is 4.67 Å². The van der Waals surface area contributed by atoms with Crippen LogP contribution in [0.4, 0.5) is 0 Å². The third-order valence-electron chi connectivity index (χ3n) is 3.16. The topological polar surface area (TPSA) is 68.3 Å². The maximum absolute atomic E-state index is 12.0. The van der Waals surface area contributed by atoms with E-state index >= 15 is 0 Å². The van der Waals surface area contributed by atoms with Crippen molar-refractivity contribution < 1.29 is 9.21 Å². The smallest absolute Gasteiger partial charge is 0.256 e. The van der Waals surface area contributed by atoms with E-state index in [1.807, 2.05) is 6.92 Å². The fraction of sp³-hybridized carbons (Fsp3) is 0.545. The van der Waals surface area contributed by atoms with E-state index in [1.54, 1.807) is 6.07 Å². The number of nitrogens with one attached hydrogen (secondary N) is 1. The average molecular weight is 287 g/mol. The molecule has 2 rings (SSSR count). The van der Waals surface area contributed by atoms with Gasteiger partial charge in [0.2, 0.25) is 0 Å². The van der Waals surface area contributed by atoms with Gasteiger partial charge < -0.3 is 15.5 Å². The average Bonchev–Trinajstić information content (AvgIpc) is 3.02. The highest BCUT2D eigenvalue weighted by molar-refractivity contribution is 9.10. The van der Waals surface area contributed by atoms with Gasteiger partial charge in [0.1, 0.15) is 0 Å². The lowest BCUT2D eigenvalue weighted by atomic mass is 9.95. The molecule has 16 heavy (non-hydrogen) atoms. The third-order valence-corrected chi connectivity index (χ3v) is 3.78. The molecule has 1 aliphatic carbocycles. The van der Waals surface area contributed by atoms with Crippen LogP contribution in [0.2, 0.25) is 0 Å². The van der Waals surface area contributed by atoms with Crippen molar-refractivity contribution in [2.75, 3.05) is 6.54 Å². The minimum atomic E-state index is -0.298. The molecule has 1 heterocycles. The maximum atomic E-state index is 12.0. The molecule has 1 amide bonds. The Morgan fingerprint density at radius 2 is 2.44 bits per heavy atom. The SMILES string of the molecule is CC(CN)(NC(=O)c1ccoc1Br)C1CC1. The van der Waals surface area contributed by atoms with Crippen molar-refractivity contribution in [3.63, 3.8) is 0 Å². The van der Waals surface area contributed by atoms with Gasteiger partial charge >= 0.3 is 0 Å². The summed E-state index contributed by atoms with van der Waals surface area (Å²) >= 11 is 3.19. The van der Waals surface area contributed by atoms with Crippen molar-refractivity contribution >= 4 is 21.8 Å². The van der Waals surface area contributed by atoms with E-state index in [0.717, 1.165) is 12.8 Å². The van der Waals surface area contributed by atoms with Crippen LogP contribution in [0.15, 0.2) is 21.4 Å². The summed E-state index contributed by atoms with van der Waals surface area (Å²) in [4.78, 5) is 12.0. The Balaban J connectivity index is 2.09. The molecular weight excluding hydrogens is 272 g/mol. The number of carbonyl (C=O) groups excluding carboxylic acids is 1. The zero-order chi connectivity index (χ0) is 11.8. The highest BCUT2D eigenvalue weighted by Gasteiger charge is 2.41. The van der Waals surface area contributed by atoms with E-state index in [9.17, 15) is 4.79 Å². The predicted octanol–water partition coefficient (Wildman–Crippen LogP) is 1.90. The normalized spacial score (nSPS) is 19.2. The molecule has 0 saturated heterocycles. The number of halogens is 1. The van der Waals surface area contributed by atoms with Gasteiger partial charge in [-0.25, -0.2) is 0 Å². The Bertz CT molecular complexity index is 400. The zero-order valence-corrected chi connectivity index (χ0v) is 10.7. The molecule has 0 aromatic carbocycles. The van der Waals surface area contributed by atoms with E-state index in [0.29, 0.717) is 22.7 Å². The Labute approximate surface area is 103 Å². The molecule has 1 fully saturated rings. The molecule has 5 heteroatoms. The Morgan fingerprint density at radius 1 is 1.75 bits per heavy atom. The van der Waals surface area contributed by atoms with E-state index in [-0.39, 0.29) is 11.4 Å². The van der Waals surface area contributed by atoms with Gasteiger partial charge in [0.05, 0.1) is 17.4 Å². The molecular formula is C11H15BrN2O2. The van der Waals surface area contributed by atoms with Crippen molar-refractivity contribution in [3.05, 3.63) is 22.6 Å². The second-order valence-corrected chi connectivity index (χ2v) is 5.18. The minimum Gasteiger partial charge on any atom is -0.457 e. The van der Waals surface area contributed by atoms with Crippen molar-refractivity contribution in [1.29, 1.82) is 0 Å². The predicted molar refractivity (Wildman–Crippen MR) is 64.1 cm³/mol. The first-order valence-corrected chi connectivity index (χ1v) is 6.11. The number of carbonyl (C=O) groups is 1. The number of rotatable bonds is 4. The third kappa shape index (κ3) is 2.15. The van der Waals surface area contributed by atoms with Crippen molar-refractivity contribution in [2.45, 2.75) is 25.3 Å². The summed E-state index contributed by atoms with van der Waals surface area (Å²) in [6, 6.07) is 1.64. The number of amides is 1. The van der Waals surface area contributed by atoms with Crippen LogP contribution in [0.3, 0.4) is 0 Å². The summed E-state index contributed by atoms with van der Waals surface area (Å²) in [6.07, 6.45) is 3.76. The van der Waals surface area contributed by atoms with Gasteiger partial charge in [-0.2, -0.15) is 0 Å². The van der Waals surface area contributed by atoms with Crippen molar-refractivity contribution in [3.8, 4) is 0 Å². The zero-order valence-electron chi connectivity index (χ0n) is 9.13. The Kier molecular flexibility index (Phi) is 3.08. The highest BCUT2D eigenvalue weighted by Crippen LogP contribution is 2.39. The number of hydrogen-bond acceptors (Lipinski definition) is 3. The summed E-state index contributed by atoms with van der Waals surface area (Å²) < 4.78 is 5.49. The van der Waals surface area contributed by atoms with E-state index in [2.05, 4.69) is 21.2 Å². The molecule has 88 valence electrons. The van der Waals surface area contributed by atoms with Gasteiger partial charge in [0, 0.05) is 6.54 Å². The monoisotopic (exact) mass is 286 g/mol. The summed E-state index contributed by atoms with van der Waals surface area (Å²) in [5.74, 6) is 0.368. The molecule has 1 saturated carbocycles. The number of hydrogen-bond donors (Lipinski definition) is 2. The molecule has 0 bridgehead atoms. The van der Waals surface area contributed by atoms with E-state index in [4.69, 9.17) is 10.2 Å². The summed E-state index contributed by atoms with van der Waals surface area (Å²) in [5.41, 5.74) is 5.95. The van der Waals surface area contributed by atoms with Crippen molar-refractivity contribution in [2.24, 2.45) is 11.7 Å². The van der Waals surface area contributed by atoms with E-state index in [1.165, 1.54) is 6.26 Å². The molecule has 4 nitrogen and oxygen atoms in total. The first kappa shape index (κ1) is 11.7. The lowest BCUT2D eigenvalue weighted by Gasteiger charge is -2.29. The molecule has 0 spiro atoms. The molecule has 1 atom stereocenters. The van der Waals surface area contributed by atoms with Crippen LogP contribution in [0.5, 0.6) is 0 Å². The molecule has 1 unspecified atom stereocenters. The quantitative estimate of drug-likeness (QED) is 0.888. The van der Waals surface area contributed by atoms with Crippen LogP contribution < -0.4 is 11.1 Å². The maximum Gasteiger partial charge on any atom is 0.256 e. The standard InChI is InChI=1S/C11H15BrN2O2/c1-11(6-13,7-2-3-7)14-10(15)8-4-5-16-9(8)12/h4-5,7H,2-3,6,13H2,1H3,(H,14,15). The molecule has 0 aliphatic heterocycles. The first-order valence-electron chi connectivity index (χ1n) is 5.32. The molecule has 1 aliphatic rings. The number of furan rings is 1. The van der Waals surface area contributed by atoms with Crippen LogP contribution >= 0.6 is 15.9 Å². The fourth-order valence-corrected chi connectivity index (χ4v) is 2.24. The molecule has 1 aromatic rings. The van der Waals surface area contributed by atoms with Crippen LogP contribution in [-0.4, -0.2) is 18.0 Å². The van der Waals surface area contributed by atoms with Crippen molar-refractivity contribution in [1.82, 2.24) is 5.32 Å². The highest BCUT2D eigenvalue weighted by atomic mass is 79.9. The lowest BCUT2D eigenvalue weighted by molar-refractivity contribution is 0.0896. The summed E-state index contributed by atoms with van der Waals surface area (Å²) in [6.45, 7) is 2.45. The van der Waals surface area contributed by atoms with Crippen LogP contribution in [0.1, 0.15) is 30.1 Å². The summed E-state index contributed by atoms with van der Waals surface area (Å²) in [7, 11) is 0. The number of nitrogens with two attached hydrogens (primary N) is 1. The van der Waals surface area contributed by atoms with Gasteiger partial charge in [-0.3, -0.25) is 4.79 Å². The van der Waals surface area contributed by atoms with Gasteiger partial charge in [0.25, 0.3) is 5.91 Å². The Hall–Kier alpha value is -0.810. The van der Waals surface area contributed by atoms with Gasteiger partial charge in [-0.1, -0.05) is 0 Å². The second-order valence-electron chi connectivity index (χ2n) is 4.46. The molecule has 3 N–H and O–H groups in total. The minimum absolute atomic E-state index is 0.138. The second kappa shape index (κ2) is 4.22. The van der Waals surface area contributed by atoms with Crippen LogP contribution in [0, 0.1) is 5.92 Å².